The van der Waals surface area contributed by atoms with E-state index < -0.39 is 0 Å². The summed E-state index contributed by atoms with van der Waals surface area (Å²) in [5.41, 5.74) is 4.91. The fourth-order valence-corrected chi connectivity index (χ4v) is 4.17. The number of benzene rings is 1. The molecule has 35 heavy (non-hydrogen) atoms. The van der Waals surface area contributed by atoms with Gasteiger partial charge in [0.15, 0.2) is 5.65 Å². The van der Waals surface area contributed by atoms with E-state index in [0.29, 0.717) is 24.6 Å². The molecule has 180 valence electrons. The van der Waals surface area contributed by atoms with Crippen molar-refractivity contribution in [2.45, 2.75) is 65.1 Å². The first-order chi connectivity index (χ1) is 16.8. The number of hydrogen-bond donors (Lipinski definition) is 1. The molecule has 1 fully saturated rings. The normalized spacial score (nSPS) is 13.7. The summed E-state index contributed by atoms with van der Waals surface area (Å²) in [6.07, 6.45) is 4.00. The highest BCUT2D eigenvalue weighted by atomic mass is 16.5. The molecule has 0 atom stereocenters. The van der Waals surface area contributed by atoms with E-state index in [4.69, 9.17) is 14.8 Å². The smallest absolute Gasteiger partial charge is 0.252 e. The first-order valence-corrected chi connectivity index (χ1v) is 12.1. The molecule has 1 aliphatic carbocycles. The van der Waals surface area contributed by atoms with Crippen molar-refractivity contribution in [1.82, 2.24) is 25.1 Å². The third-order valence-electron chi connectivity index (χ3n) is 6.20. The van der Waals surface area contributed by atoms with Crippen molar-refractivity contribution in [1.29, 1.82) is 0 Å². The fraction of sp³-hybridized carbons (Fsp3) is 0.357. The topological polar surface area (TPSA) is 81.9 Å². The highest BCUT2D eigenvalue weighted by Crippen LogP contribution is 2.41. The number of aromatic nitrogens is 4. The molecule has 0 radical (unpaired) electrons. The van der Waals surface area contributed by atoms with Crippen LogP contribution in [-0.4, -0.2) is 25.7 Å². The summed E-state index contributed by atoms with van der Waals surface area (Å²) in [7, 11) is 0. The van der Waals surface area contributed by atoms with Gasteiger partial charge in [-0.15, -0.1) is 0 Å². The molecule has 7 nitrogen and oxygen atoms in total. The van der Waals surface area contributed by atoms with Gasteiger partial charge in [-0.2, -0.15) is 5.10 Å². The quantitative estimate of drug-likeness (QED) is 0.398. The van der Waals surface area contributed by atoms with Crippen LogP contribution in [0.5, 0.6) is 5.75 Å². The molecule has 1 N–H and O–H groups in total. The summed E-state index contributed by atoms with van der Waals surface area (Å²) >= 11 is 0. The number of carbonyl (C=O) groups is 1. The monoisotopic (exact) mass is 469 g/mol. The minimum Gasteiger partial charge on any atom is -0.487 e. The summed E-state index contributed by atoms with van der Waals surface area (Å²) in [6, 6.07) is 15.5. The maximum Gasteiger partial charge on any atom is 0.252 e. The number of carbonyl (C=O) groups excluding carboxylic acids is 1. The van der Waals surface area contributed by atoms with Crippen LogP contribution in [-0.2, 0) is 18.7 Å². The van der Waals surface area contributed by atoms with Crippen molar-refractivity contribution in [2.24, 2.45) is 0 Å². The number of aryl methyl sites for hydroxylation is 1. The molecule has 1 amide bonds. The van der Waals surface area contributed by atoms with Gasteiger partial charge in [0.1, 0.15) is 12.4 Å². The lowest BCUT2D eigenvalue weighted by atomic mass is 10.1. The molecule has 0 saturated heterocycles. The van der Waals surface area contributed by atoms with Gasteiger partial charge in [-0.05, 0) is 76.4 Å². The van der Waals surface area contributed by atoms with Crippen molar-refractivity contribution >= 4 is 16.9 Å². The molecule has 4 aromatic rings. The summed E-state index contributed by atoms with van der Waals surface area (Å²) in [5.74, 6) is 1.10. The Balaban J connectivity index is 1.32. The average molecular weight is 470 g/mol. The zero-order chi connectivity index (χ0) is 24.6. The highest BCUT2D eigenvalue weighted by Gasteiger charge is 2.30. The van der Waals surface area contributed by atoms with Gasteiger partial charge in [0, 0.05) is 24.4 Å². The first-order valence-electron chi connectivity index (χ1n) is 12.1. The number of fused-ring (bicyclic) bond motifs is 1. The van der Waals surface area contributed by atoms with Crippen LogP contribution in [0, 0.1) is 6.92 Å². The van der Waals surface area contributed by atoms with Crippen molar-refractivity contribution < 1.29 is 9.53 Å². The van der Waals surface area contributed by atoms with Crippen molar-refractivity contribution in [2.75, 3.05) is 0 Å². The van der Waals surface area contributed by atoms with Crippen LogP contribution in [0.3, 0.4) is 0 Å². The third kappa shape index (κ3) is 5.04. The molecule has 5 rings (SSSR count). The zero-order valence-electron chi connectivity index (χ0n) is 20.7. The van der Waals surface area contributed by atoms with Crippen LogP contribution in [0.2, 0.25) is 0 Å². The molecule has 1 aromatic carbocycles. The lowest BCUT2D eigenvalue weighted by molar-refractivity contribution is 0.0952. The van der Waals surface area contributed by atoms with Crippen LogP contribution < -0.4 is 10.1 Å². The van der Waals surface area contributed by atoms with Gasteiger partial charge in [0.2, 0.25) is 0 Å². The van der Waals surface area contributed by atoms with Crippen LogP contribution in [0.15, 0.2) is 54.7 Å². The number of amides is 1. The molecule has 0 aliphatic heterocycles. The number of ether oxygens (including phenoxy) is 1. The van der Waals surface area contributed by atoms with Crippen LogP contribution >= 0.6 is 0 Å². The van der Waals surface area contributed by atoms with E-state index in [-0.39, 0.29) is 11.4 Å². The number of rotatable bonds is 7. The molecule has 3 aromatic heterocycles. The zero-order valence-corrected chi connectivity index (χ0v) is 20.7. The molecule has 3 heterocycles. The Morgan fingerprint density at radius 3 is 2.57 bits per heavy atom. The second-order valence-electron chi connectivity index (χ2n) is 10.2. The molecule has 0 spiro atoms. The van der Waals surface area contributed by atoms with Crippen molar-refractivity contribution in [3.63, 3.8) is 0 Å². The van der Waals surface area contributed by atoms with E-state index in [1.165, 1.54) is 0 Å². The Labute approximate surface area is 205 Å². The van der Waals surface area contributed by atoms with Crippen LogP contribution in [0.4, 0.5) is 0 Å². The van der Waals surface area contributed by atoms with Gasteiger partial charge >= 0.3 is 0 Å². The van der Waals surface area contributed by atoms with Gasteiger partial charge in [-0.3, -0.25) is 9.78 Å². The van der Waals surface area contributed by atoms with Gasteiger partial charge in [0.05, 0.1) is 27.9 Å². The van der Waals surface area contributed by atoms with E-state index in [9.17, 15) is 4.79 Å². The Bertz CT molecular complexity index is 1350. The lowest BCUT2D eigenvalue weighted by Crippen LogP contribution is -2.25. The molecule has 0 bridgehead atoms. The molecular weight excluding hydrogens is 438 g/mol. The van der Waals surface area contributed by atoms with Gasteiger partial charge in [0.25, 0.3) is 5.91 Å². The minimum atomic E-state index is -0.226. The number of nitrogens with zero attached hydrogens (tertiary/aromatic N) is 4. The molecule has 7 heteroatoms. The maximum absolute atomic E-state index is 13.4. The predicted octanol–water partition coefficient (Wildman–Crippen LogP) is 5.28. The second-order valence-corrected chi connectivity index (χ2v) is 10.2. The first kappa shape index (κ1) is 23.0. The summed E-state index contributed by atoms with van der Waals surface area (Å²) < 4.78 is 7.76. The van der Waals surface area contributed by atoms with Crippen LogP contribution in [0.25, 0.3) is 11.0 Å². The van der Waals surface area contributed by atoms with E-state index in [0.717, 1.165) is 52.3 Å². The van der Waals surface area contributed by atoms with Crippen molar-refractivity contribution in [3.8, 4) is 5.75 Å². The Morgan fingerprint density at radius 2 is 1.91 bits per heavy atom. The highest BCUT2D eigenvalue weighted by molar-refractivity contribution is 6.06. The molecule has 0 unspecified atom stereocenters. The van der Waals surface area contributed by atoms with Gasteiger partial charge < -0.3 is 10.1 Å². The van der Waals surface area contributed by atoms with Gasteiger partial charge in [-0.1, -0.05) is 18.2 Å². The van der Waals surface area contributed by atoms with Gasteiger partial charge in [-0.25, -0.2) is 9.67 Å². The molecular formula is C28H31N5O2. The Hall–Kier alpha value is -3.74. The van der Waals surface area contributed by atoms with Crippen molar-refractivity contribution in [3.05, 3.63) is 82.9 Å². The SMILES string of the molecule is Cc1nn(C(C)(C)C)c2nc(C3CC3)cc(C(=O)NCc3ccc(OCc4ccccn4)cc3)c12. The fourth-order valence-electron chi connectivity index (χ4n) is 4.17. The predicted molar refractivity (Wildman–Crippen MR) is 135 cm³/mol. The lowest BCUT2D eigenvalue weighted by Gasteiger charge is -2.20. The summed E-state index contributed by atoms with van der Waals surface area (Å²) in [4.78, 5) is 22.6. The number of nitrogens with one attached hydrogen (secondary N) is 1. The summed E-state index contributed by atoms with van der Waals surface area (Å²) in [5, 5.41) is 8.67. The number of hydrogen-bond acceptors (Lipinski definition) is 5. The number of pyridine rings is 2. The Kier molecular flexibility index (Phi) is 6.01. The average Bonchev–Trinajstić information content (AvgIpc) is 3.64. The van der Waals surface area contributed by atoms with E-state index in [1.54, 1.807) is 6.20 Å². The summed E-state index contributed by atoms with van der Waals surface area (Å²) in [6.45, 7) is 9.10. The molecule has 1 saturated carbocycles. The minimum absolute atomic E-state index is 0.105. The second kappa shape index (κ2) is 9.13. The van der Waals surface area contributed by atoms with E-state index in [2.05, 4.69) is 31.1 Å². The third-order valence-corrected chi connectivity index (χ3v) is 6.20. The van der Waals surface area contributed by atoms with E-state index >= 15 is 0 Å². The maximum atomic E-state index is 13.4. The largest absolute Gasteiger partial charge is 0.487 e. The van der Waals surface area contributed by atoms with E-state index in [1.807, 2.05) is 60.1 Å². The van der Waals surface area contributed by atoms with Crippen LogP contribution in [0.1, 0.15) is 72.5 Å². The Morgan fingerprint density at radius 1 is 1.14 bits per heavy atom. The molecule has 1 aliphatic rings. The standard InChI is InChI=1S/C28H31N5O2/c1-18-25-23(15-24(20-10-11-20)31-26(25)33(32-18)28(2,3)4)27(34)30-16-19-8-12-22(13-9-19)35-17-21-7-5-6-14-29-21/h5-9,12-15,20H,10-11,16-17H2,1-4H3,(H,30,34).